The van der Waals surface area contributed by atoms with Crippen LogP contribution in [0.3, 0.4) is 0 Å². The summed E-state index contributed by atoms with van der Waals surface area (Å²) in [4.78, 5) is 16.3. The van der Waals surface area contributed by atoms with Gasteiger partial charge in [0, 0.05) is 25.2 Å². The van der Waals surface area contributed by atoms with Gasteiger partial charge in [-0.15, -0.1) is 0 Å². The molecule has 2 N–H and O–H groups in total. The van der Waals surface area contributed by atoms with E-state index in [9.17, 15) is 9.90 Å². The smallest absolute Gasteiger partial charge is 0.252 e. The number of pyridine rings is 1. The molecule has 20 heavy (non-hydrogen) atoms. The number of nitrogens with zero attached hydrogens (tertiary/aromatic N) is 3. The van der Waals surface area contributed by atoms with Gasteiger partial charge in [-0.25, -0.2) is 4.98 Å². The highest BCUT2D eigenvalue weighted by molar-refractivity contribution is 5.97. The lowest BCUT2D eigenvalue weighted by Crippen LogP contribution is -2.33. The number of fused-ring (bicyclic) bond motifs is 1. The van der Waals surface area contributed by atoms with Gasteiger partial charge in [-0.3, -0.25) is 9.48 Å². The van der Waals surface area contributed by atoms with E-state index >= 15 is 0 Å². The Balaban J connectivity index is 1.75. The maximum atomic E-state index is 12.1. The molecule has 1 amide bonds. The summed E-state index contributed by atoms with van der Waals surface area (Å²) in [5.74, 6) is 0.152. The summed E-state index contributed by atoms with van der Waals surface area (Å²) in [7, 11) is 1.83. The minimum Gasteiger partial charge on any atom is -0.391 e. The largest absolute Gasteiger partial charge is 0.391 e. The summed E-state index contributed by atoms with van der Waals surface area (Å²) in [6.45, 7) is 2.19. The van der Waals surface area contributed by atoms with Crippen LogP contribution in [0.1, 0.15) is 28.9 Å². The van der Waals surface area contributed by atoms with Crippen LogP contribution < -0.4 is 5.32 Å². The molecule has 0 bridgehead atoms. The van der Waals surface area contributed by atoms with Crippen LogP contribution >= 0.6 is 0 Å². The van der Waals surface area contributed by atoms with Crippen molar-refractivity contribution in [1.82, 2.24) is 20.1 Å². The van der Waals surface area contributed by atoms with E-state index in [1.54, 1.807) is 16.9 Å². The van der Waals surface area contributed by atoms with Gasteiger partial charge in [0.05, 0.1) is 17.4 Å². The molecule has 6 heteroatoms. The lowest BCUT2D eigenvalue weighted by atomic mass is 10.2. The monoisotopic (exact) mass is 274 g/mol. The Bertz CT molecular complexity index is 660. The van der Waals surface area contributed by atoms with Crippen molar-refractivity contribution >= 4 is 16.9 Å². The molecule has 6 nitrogen and oxygen atoms in total. The Morgan fingerprint density at radius 1 is 1.60 bits per heavy atom. The lowest BCUT2D eigenvalue weighted by Gasteiger charge is -2.10. The number of carbonyl (C=O) groups excluding carboxylic acids is 1. The first kappa shape index (κ1) is 13.1. The van der Waals surface area contributed by atoms with Gasteiger partial charge < -0.3 is 10.4 Å². The van der Waals surface area contributed by atoms with Crippen LogP contribution in [-0.2, 0) is 7.05 Å². The number of nitrogens with one attached hydrogen (secondary N) is 1. The van der Waals surface area contributed by atoms with Crippen molar-refractivity contribution in [2.24, 2.45) is 13.0 Å². The van der Waals surface area contributed by atoms with Crippen LogP contribution in [0.25, 0.3) is 11.0 Å². The number of aryl methyl sites for hydroxylation is 2. The third-order valence-electron chi connectivity index (χ3n) is 3.76. The van der Waals surface area contributed by atoms with Crippen molar-refractivity contribution in [3.05, 3.63) is 23.5 Å². The maximum Gasteiger partial charge on any atom is 0.252 e. The second-order valence-electron chi connectivity index (χ2n) is 5.42. The summed E-state index contributed by atoms with van der Waals surface area (Å²) in [5, 5.41) is 17.7. The lowest BCUT2D eigenvalue weighted by molar-refractivity contribution is 0.0901. The highest BCUT2D eigenvalue weighted by Gasteiger charge is 2.29. The van der Waals surface area contributed by atoms with E-state index in [4.69, 9.17) is 0 Å². The van der Waals surface area contributed by atoms with Gasteiger partial charge in [-0.05, 0) is 31.7 Å². The molecule has 0 radical (unpaired) electrons. The number of hydrogen-bond donors (Lipinski definition) is 2. The average Bonchev–Trinajstić information content (AvgIpc) is 3.24. The minimum absolute atomic E-state index is 0.206. The Hall–Kier alpha value is -1.95. The van der Waals surface area contributed by atoms with Crippen molar-refractivity contribution in [3.8, 4) is 0 Å². The molecule has 1 atom stereocenters. The fraction of sp³-hybridized carbons (Fsp3) is 0.500. The van der Waals surface area contributed by atoms with Crippen LogP contribution in [0.5, 0.6) is 0 Å². The van der Waals surface area contributed by atoms with E-state index in [1.807, 2.05) is 14.0 Å². The van der Waals surface area contributed by atoms with E-state index in [0.29, 0.717) is 18.0 Å². The first-order valence-electron chi connectivity index (χ1n) is 6.82. The predicted octanol–water partition coefficient (Wildman–Crippen LogP) is 0.777. The molecule has 1 unspecified atom stereocenters. The fourth-order valence-corrected chi connectivity index (χ4v) is 2.38. The third kappa shape index (κ3) is 2.38. The van der Waals surface area contributed by atoms with Gasteiger partial charge >= 0.3 is 0 Å². The molecule has 1 fully saturated rings. The summed E-state index contributed by atoms with van der Waals surface area (Å²) in [6, 6.07) is 1.80. The van der Waals surface area contributed by atoms with E-state index in [2.05, 4.69) is 15.4 Å². The molecule has 1 aliphatic rings. The topological polar surface area (TPSA) is 80.0 Å². The van der Waals surface area contributed by atoms with Gasteiger partial charge in [-0.1, -0.05) is 0 Å². The van der Waals surface area contributed by atoms with E-state index in [-0.39, 0.29) is 5.91 Å². The molecule has 106 valence electrons. The van der Waals surface area contributed by atoms with E-state index < -0.39 is 6.10 Å². The molecule has 2 heterocycles. The summed E-state index contributed by atoms with van der Waals surface area (Å²) in [6.07, 6.45) is 3.22. The Labute approximate surface area is 116 Å². The number of aliphatic hydroxyl groups is 1. The number of hydrogen-bond acceptors (Lipinski definition) is 4. The molecule has 0 aliphatic heterocycles. The molecular weight excluding hydrogens is 256 g/mol. The second-order valence-corrected chi connectivity index (χ2v) is 5.42. The summed E-state index contributed by atoms with van der Waals surface area (Å²) in [5.41, 5.74) is 2.11. The predicted molar refractivity (Wildman–Crippen MR) is 74.3 cm³/mol. The Kier molecular flexibility index (Phi) is 3.17. The molecule has 1 aliphatic carbocycles. The van der Waals surface area contributed by atoms with E-state index in [0.717, 1.165) is 29.6 Å². The van der Waals surface area contributed by atoms with Crippen LogP contribution in [0.2, 0.25) is 0 Å². The van der Waals surface area contributed by atoms with Crippen molar-refractivity contribution in [2.75, 3.05) is 6.54 Å². The summed E-state index contributed by atoms with van der Waals surface area (Å²) >= 11 is 0. The third-order valence-corrected chi connectivity index (χ3v) is 3.76. The molecule has 0 saturated heterocycles. The van der Waals surface area contributed by atoms with Gasteiger partial charge in [0.15, 0.2) is 5.65 Å². The molecule has 0 spiro atoms. The van der Waals surface area contributed by atoms with Crippen molar-refractivity contribution in [1.29, 1.82) is 0 Å². The average molecular weight is 274 g/mol. The van der Waals surface area contributed by atoms with Crippen LogP contribution in [0.15, 0.2) is 12.3 Å². The SMILES string of the molecule is Cc1nn(C)c2ncc(C(=O)NCC(O)C3CC3)cc12. The molecule has 2 aromatic rings. The van der Waals surface area contributed by atoms with Gasteiger partial charge in [0.2, 0.25) is 0 Å². The highest BCUT2D eigenvalue weighted by atomic mass is 16.3. The van der Waals surface area contributed by atoms with Gasteiger partial charge in [0.1, 0.15) is 0 Å². The van der Waals surface area contributed by atoms with Gasteiger partial charge in [-0.2, -0.15) is 5.10 Å². The number of amides is 1. The second kappa shape index (κ2) is 4.86. The van der Waals surface area contributed by atoms with Crippen molar-refractivity contribution in [2.45, 2.75) is 25.9 Å². The molecule has 2 aromatic heterocycles. The fourth-order valence-electron chi connectivity index (χ4n) is 2.38. The molecule has 0 aromatic carbocycles. The standard InChI is InChI=1S/C14H18N4O2/c1-8-11-5-10(6-15-13(11)18(2)17-8)14(20)16-7-12(19)9-3-4-9/h5-6,9,12,19H,3-4,7H2,1-2H3,(H,16,20). The van der Waals surface area contributed by atoms with E-state index in [1.165, 1.54) is 0 Å². The van der Waals surface area contributed by atoms with Crippen molar-refractivity contribution in [3.63, 3.8) is 0 Å². The van der Waals surface area contributed by atoms with Crippen molar-refractivity contribution < 1.29 is 9.90 Å². The zero-order valence-corrected chi connectivity index (χ0v) is 11.6. The summed E-state index contributed by atoms with van der Waals surface area (Å²) < 4.78 is 1.70. The number of aliphatic hydroxyl groups excluding tert-OH is 1. The number of aromatic nitrogens is 3. The zero-order valence-electron chi connectivity index (χ0n) is 11.6. The number of carbonyl (C=O) groups is 1. The minimum atomic E-state index is -0.434. The van der Waals surface area contributed by atoms with Crippen LogP contribution in [-0.4, -0.2) is 38.4 Å². The first-order valence-corrected chi connectivity index (χ1v) is 6.82. The molecule has 1 saturated carbocycles. The van der Waals surface area contributed by atoms with Crippen LogP contribution in [0, 0.1) is 12.8 Å². The quantitative estimate of drug-likeness (QED) is 0.863. The normalized spacial score (nSPS) is 16.4. The Morgan fingerprint density at radius 3 is 3.05 bits per heavy atom. The van der Waals surface area contributed by atoms with Gasteiger partial charge in [0.25, 0.3) is 5.91 Å². The maximum absolute atomic E-state index is 12.1. The zero-order chi connectivity index (χ0) is 14.3. The Morgan fingerprint density at radius 2 is 2.35 bits per heavy atom. The number of rotatable bonds is 4. The van der Waals surface area contributed by atoms with Crippen LogP contribution in [0.4, 0.5) is 0 Å². The highest BCUT2D eigenvalue weighted by Crippen LogP contribution is 2.32. The first-order chi connectivity index (χ1) is 9.56. The molecular formula is C14H18N4O2. The molecule has 3 rings (SSSR count).